The lowest BCUT2D eigenvalue weighted by atomic mass is 9.82. The topological polar surface area (TPSA) is 185 Å². The van der Waals surface area contributed by atoms with E-state index in [1.807, 2.05) is 84.9 Å². The highest BCUT2D eigenvalue weighted by atomic mass is 16.6. The van der Waals surface area contributed by atoms with E-state index in [2.05, 4.69) is 21.3 Å². The number of rotatable bonds is 19. The molecule has 5 N–H and O–H groups in total. The summed E-state index contributed by atoms with van der Waals surface area (Å²) in [6, 6.07) is 22.9. The Morgan fingerprint density at radius 1 is 0.750 bits per heavy atom. The number of amides is 6. The zero-order chi connectivity index (χ0) is 46.1. The van der Waals surface area contributed by atoms with Crippen LogP contribution in [-0.4, -0.2) is 96.0 Å². The molecule has 348 valence electrons. The van der Waals surface area contributed by atoms with Crippen LogP contribution in [-0.2, 0) is 43.3 Å². The number of urea groups is 1. The van der Waals surface area contributed by atoms with Gasteiger partial charge in [0.15, 0.2) is 0 Å². The van der Waals surface area contributed by atoms with Crippen LogP contribution >= 0.6 is 0 Å². The molecule has 64 heavy (non-hydrogen) atoms. The quantitative estimate of drug-likeness (QED) is 0.0900. The SMILES string of the molecule is CC(C)C(NC(=O)C(Cc1ccc(OCc2ccccc2)cc1)CC(O)C(CC1CCCCC1)NC(=O)OC(C)(C)C)C(=O)NC(Cc1ccccc1)C(=O)NC(=O)N1CCOCC1. The molecule has 0 radical (unpaired) electrons. The highest BCUT2D eigenvalue weighted by Gasteiger charge is 2.35. The Balaban J connectivity index is 1.36. The van der Waals surface area contributed by atoms with Crippen LogP contribution in [0.3, 0.4) is 0 Å². The van der Waals surface area contributed by atoms with Gasteiger partial charge in [-0.3, -0.25) is 19.7 Å². The monoisotopic (exact) mass is 884 g/mol. The average molecular weight is 884 g/mol. The molecule has 2 fully saturated rings. The predicted octanol–water partition coefficient (Wildman–Crippen LogP) is 6.48. The third-order valence-corrected chi connectivity index (χ3v) is 11.7. The van der Waals surface area contributed by atoms with Crippen LogP contribution in [0, 0.1) is 17.8 Å². The summed E-state index contributed by atoms with van der Waals surface area (Å²) in [6.07, 6.45) is 4.30. The minimum absolute atomic E-state index is 0.0274. The number of morpholine rings is 1. The van der Waals surface area contributed by atoms with Gasteiger partial charge in [0.2, 0.25) is 11.8 Å². The van der Waals surface area contributed by atoms with E-state index >= 15 is 0 Å². The highest BCUT2D eigenvalue weighted by molar-refractivity contribution is 5.99. The van der Waals surface area contributed by atoms with E-state index in [0.717, 1.165) is 48.8 Å². The van der Waals surface area contributed by atoms with Crippen molar-refractivity contribution < 1.29 is 43.3 Å². The Bertz CT molecular complexity index is 1930. The van der Waals surface area contributed by atoms with Crippen molar-refractivity contribution in [3.05, 3.63) is 102 Å². The van der Waals surface area contributed by atoms with E-state index in [9.17, 15) is 29.1 Å². The lowest BCUT2D eigenvalue weighted by Gasteiger charge is -2.33. The third kappa shape index (κ3) is 16.6. The van der Waals surface area contributed by atoms with Gasteiger partial charge in [0.1, 0.15) is 30.0 Å². The number of carbonyl (C=O) groups is 5. The van der Waals surface area contributed by atoms with Gasteiger partial charge in [0.25, 0.3) is 5.91 Å². The molecule has 1 saturated heterocycles. The van der Waals surface area contributed by atoms with E-state index in [1.54, 1.807) is 34.6 Å². The minimum atomic E-state index is -1.14. The molecule has 5 unspecified atom stereocenters. The van der Waals surface area contributed by atoms with Gasteiger partial charge < -0.3 is 40.2 Å². The second-order valence-electron chi connectivity index (χ2n) is 18.5. The van der Waals surface area contributed by atoms with Gasteiger partial charge in [-0.2, -0.15) is 0 Å². The van der Waals surface area contributed by atoms with Gasteiger partial charge in [0, 0.05) is 25.4 Å². The lowest BCUT2D eigenvalue weighted by molar-refractivity contribution is -0.134. The minimum Gasteiger partial charge on any atom is -0.489 e. The van der Waals surface area contributed by atoms with Gasteiger partial charge in [-0.1, -0.05) is 119 Å². The Labute approximate surface area is 378 Å². The summed E-state index contributed by atoms with van der Waals surface area (Å²) in [5.41, 5.74) is 1.84. The Morgan fingerprint density at radius 2 is 1.36 bits per heavy atom. The maximum atomic E-state index is 14.6. The fourth-order valence-electron chi connectivity index (χ4n) is 8.20. The number of ether oxygens (including phenoxy) is 3. The second kappa shape index (κ2) is 24.6. The molecule has 1 heterocycles. The molecule has 3 aromatic carbocycles. The molecule has 3 aromatic rings. The second-order valence-corrected chi connectivity index (χ2v) is 18.5. The van der Waals surface area contributed by atoms with Crippen molar-refractivity contribution in [2.75, 3.05) is 26.3 Å². The van der Waals surface area contributed by atoms with Crippen LogP contribution < -0.4 is 26.0 Å². The molecular weight excluding hydrogens is 815 g/mol. The van der Waals surface area contributed by atoms with Crippen molar-refractivity contribution in [2.24, 2.45) is 17.8 Å². The smallest absolute Gasteiger partial charge is 0.407 e. The molecular formula is C50H69N5O9. The first-order valence-corrected chi connectivity index (χ1v) is 22.9. The number of alkyl carbamates (subject to hydrolysis) is 1. The van der Waals surface area contributed by atoms with E-state index in [1.165, 1.54) is 4.90 Å². The van der Waals surface area contributed by atoms with Crippen molar-refractivity contribution >= 4 is 29.8 Å². The molecule has 14 heteroatoms. The number of nitrogens with zero attached hydrogens (tertiary/aromatic N) is 1. The molecule has 0 bridgehead atoms. The average Bonchev–Trinajstić information content (AvgIpc) is 3.27. The number of hydrogen-bond donors (Lipinski definition) is 5. The molecule has 5 atom stereocenters. The molecule has 0 aromatic heterocycles. The summed E-state index contributed by atoms with van der Waals surface area (Å²) in [7, 11) is 0. The summed E-state index contributed by atoms with van der Waals surface area (Å²) in [5, 5.41) is 23.2. The van der Waals surface area contributed by atoms with Crippen LogP contribution in [0.1, 0.15) is 96.3 Å². The normalized spacial score (nSPS) is 17.0. The van der Waals surface area contributed by atoms with Crippen molar-refractivity contribution in [3.8, 4) is 5.75 Å². The summed E-state index contributed by atoms with van der Waals surface area (Å²) in [4.78, 5) is 70.3. The number of benzene rings is 3. The van der Waals surface area contributed by atoms with Gasteiger partial charge in [-0.05, 0) is 80.7 Å². The number of aliphatic hydroxyl groups excluding tert-OH is 1. The van der Waals surface area contributed by atoms with E-state index in [-0.39, 0.29) is 19.3 Å². The van der Waals surface area contributed by atoms with Crippen molar-refractivity contribution in [1.29, 1.82) is 0 Å². The number of imide groups is 1. The number of nitrogens with one attached hydrogen (secondary N) is 4. The van der Waals surface area contributed by atoms with Crippen LogP contribution in [0.5, 0.6) is 5.75 Å². The number of aliphatic hydroxyl groups is 1. The Hall–Kier alpha value is -5.47. The van der Waals surface area contributed by atoms with E-state index in [0.29, 0.717) is 51.0 Å². The van der Waals surface area contributed by atoms with E-state index in [4.69, 9.17) is 14.2 Å². The largest absolute Gasteiger partial charge is 0.489 e. The maximum absolute atomic E-state index is 14.6. The summed E-state index contributed by atoms with van der Waals surface area (Å²) in [5.74, 6) is -2.07. The van der Waals surface area contributed by atoms with Gasteiger partial charge in [0.05, 0.1) is 25.4 Å². The molecule has 6 amide bonds. The molecule has 1 aliphatic heterocycles. The molecule has 14 nitrogen and oxygen atoms in total. The number of carbonyl (C=O) groups excluding carboxylic acids is 5. The zero-order valence-electron chi connectivity index (χ0n) is 38.2. The van der Waals surface area contributed by atoms with Crippen LogP contribution in [0.4, 0.5) is 9.59 Å². The first kappa shape index (κ1) is 49.5. The molecule has 1 saturated carbocycles. The van der Waals surface area contributed by atoms with Crippen molar-refractivity contribution in [1.82, 2.24) is 26.2 Å². The Morgan fingerprint density at radius 3 is 1.97 bits per heavy atom. The summed E-state index contributed by atoms with van der Waals surface area (Å²) >= 11 is 0. The van der Waals surface area contributed by atoms with Crippen molar-refractivity contribution in [2.45, 2.75) is 129 Å². The van der Waals surface area contributed by atoms with Crippen LogP contribution in [0.2, 0.25) is 0 Å². The Kier molecular flexibility index (Phi) is 19.0. The third-order valence-electron chi connectivity index (χ3n) is 11.7. The predicted molar refractivity (Wildman–Crippen MR) is 244 cm³/mol. The van der Waals surface area contributed by atoms with Gasteiger partial charge >= 0.3 is 12.1 Å². The summed E-state index contributed by atoms with van der Waals surface area (Å²) in [6.45, 7) is 10.7. The lowest BCUT2D eigenvalue weighted by Crippen LogP contribution is -2.58. The maximum Gasteiger partial charge on any atom is 0.407 e. The van der Waals surface area contributed by atoms with Crippen LogP contribution in [0.15, 0.2) is 84.9 Å². The molecule has 5 rings (SSSR count). The fourth-order valence-corrected chi connectivity index (χ4v) is 8.20. The first-order valence-electron chi connectivity index (χ1n) is 22.9. The standard InChI is InChI=1S/C50H69N5O9/c1-34(2)44(47(59)51-42(31-36-17-11-7-12-18-36)46(58)54-48(60)55-25-27-62-28-26-55)53-45(57)39(29-37-21-23-40(24-22-37)63-33-38-19-13-8-14-20-38)32-43(56)41(30-35-15-9-6-10-16-35)52-49(61)64-50(3,4)5/h7-8,11-14,17-24,34-35,39,41-44,56H,6,9-10,15-16,25-33H2,1-5H3,(H,51,59)(H,52,61)(H,53,57)(H,54,58,60). The highest BCUT2D eigenvalue weighted by Crippen LogP contribution is 2.30. The fraction of sp³-hybridized carbons (Fsp3) is 0.540. The van der Waals surface area contributed by atoms with Gasteiger partial charge in [-0.15, -0.1) is 0 Å². The molecule has 0 spiro atoms. The van der Waals surface area contributed by atoms with Crippen LogP contribution in [0.25, 0.3) is 0 Å². The number of hydrogen-bond acceptors (Lipinski definition) is 9. The van der Waals surface area contributed by atoms with Crippen molar-refractivity contribution in [3.63, 3.8) is 0 Å². The molecule has 1 aliphatic carbocycles. The molecule has 2 aliphatic rings. The summed E-state index contributed by atoms with van der Waals surface area (Å²) < 4.78 is 17.0. The zero-order valence-corrected chi connectivity index (χ0v) is 38.2. The van der Waals surface area contributed by atoms with Gasteiger partial charge in [-0.25, -0.2) is 9.59 Å². The van der Waals surface area contributed by atoms with E-state index < -0.39 is 71.5 Å². The first-order chi connectivity index (χ1) is 30.6.